The minimum Gasteiger partial charge on any atom is -0.452 e. The van der Waals surface area contributed by atoms with Gasteiger partial charge in [0.1, 0.15) is 5.69 Å². The van der Waals surface area contributed by atoms with E-state index in [2.05, 4.69) is 17.4 Å². The van der Waals surface area contributed by atoms with E-state index in [4.69, 9.17) is 4.74 Å². The SMILES string of the molecule is CC(OC(=O)CSc1ccc2c(c1)CCC2)C(=O)Nc1ccccc1[N+](=O)[O-]. The summed E-state index contributed by atoms with van der Waals surface area (Å²) in [6.07, 6.45) is 2.27. The van der Waals surface area contributed by atoms with Crippen molar-refractivity contribution in [3.8, 4) is 0 Å². The highest BCUT2D eigenvalue weighted by Crippen LogP contribution is 2.28. The predicted octanol–water partition coefficient (Wildman–Crippen LogP) is 3.75. The number of amides is 1. The number of nitrogens with one attached hydrogen (secondary N) is 1. The summed E-state index contributed by atoms with van der Waals surface area (Å²) in [7, 11) is 0. The second-order valence-corrected chi connectivity index (χ2v) is 7.52. The van der Waals surface area contributed by atoms with Gasteiger partial charge in [0.05, 0.1) is 10.7 Å². The van der Waals surface area contributed by atoms with Crippen LogP contribution >= 0.6 is 11.8 Å². The molecule has 0 spiro atoms. The van der Waals surface area contributed by atoms with Crippen LogP contribution in [0.25, 0.3) is 0 Å². The van der Waals surface area contributed by atoms with Crippen molar-refractivity contribution in [3.63, 3.8) is 0 Å². The lowest BCUT2D eigenvalue weighted by Crippen LogP contribution is -2.30. The number of fused-ring (bicyclic) bond motifs is 1. The second kappa shape index (κ2) is 8.88. The van der Waals surface area contributed by atoms with E-state index in [0.717, 1.165) is 24.2 Å². The molecular formula is C20H20N2O5S. The van der Waals surface area contributed by atoms with Gasteiger partial charge in [-0.25, -0.2) is 0 Å². The summed E-state index contributed by atoms with van der Waals surface area (Å²) in [5.74, 6) is -1.05. The van der Waals surface area contributed by atoms with Gasteiger partial charge < -0.3 is 10.1 Å². The molecule has 0 fully saturated rings. The zero-order chi connectivity index (χ0) is 20.1. The van der Waals surface area contributed by atoms with Crippen LogP contribution in [0.3, 0.4) is 0 Å². The number of aryl methyl sites for hydroxylation is 2. The van der Waals surface area contributed by atoms with Gasteiger partial charge in [-0.05, 0) is 55.5 Å². The molecule has 0 bridgehead atoms. The van der Waals surface area contributed by atoms with Crippen LogP contribution in [0.15, 0.2) is 47.4 Å². The highest BCUT2D eigenvalue weighted by atomic mass is 32.2. The van der Waals surface area contributed by atoms with E-state index in [1.54, 1.807) is 6.07 Å². The number of esters is 1. The monoisotopic (exact) mass is 400 g/mol. The number of nitro benzene ring substituents is 1. The number of anilines is 1. The molecule has 1 unspecified atom stereocenters. The summed E-state index contributed by atoms with van der Waals surface area (Å²) in [6, 6.07) is 12.0. The van der Waals surface area contributed by atoms with Crippen molar-refractivity contribution in [2.24, 2.45) is 0 Å². The average Bonchev–Trinajstić information content (AvgIpc) is 3.14. The van der Waals surface area contributed by atoms with E-state index >= 15 is 0 Å². The topological polar surface area (TPSA) is 98.5 Å². The zero-order valence-corrected chi connectivity index (χ0v) is 16.2. The van der Waals surface area contributed by atoms with Gasteiger partial charge in [0.15, 0.2) is 6.10 Å². The Labute approximate surface area is 166 Å². The summed E-state index contributed by atoms with van der Waals surface area (Å²) < 4.78 is 5.16. The predicted molar refractivity (Wildman–Crippen MR) is 106 cm³/mol. The Balaban J connectivity index is 1.51. The molecule has 0 radical (unpaired) electrons. The summed E-state index contributed by atoms with van der Waals surface area (Å²) in [6.45, 7) is 1.43. The highest BCUT2D eigenvalue weighted by Gasteiger charge is 2.21. The first kappa shape index (κ1) is 19.9. The molecule has 0 aromatic heterocycles. The molecular weight excluding hydrogens is 380 g/mol. The van der Waals surface area contributed by atoms with Gasteiger partial charge in [0.2, 0.25) is 0 Å². The standard InChI is InChI=1S/C20H20N2O5S/c1-13(20(24)21-17-7-2-3-8-18(17)22(25)26)27-19(23)12-28-16-10-9-14-5-4-6-15(14)11-16/h2-3,7-11,13H,4-6,12H2,1H3,(H,21,24). The molecule has 1 amide bonds. The van der Waals surface area contributed by atoms with E-state index in [1.165, 1.54) is 48.0 Å². The lowest BCUT2D eigenvalue weighted by molar-refractivity contribution is -0.383. The van der Waals surface area contributed by atoms with Crippen LogP contribution in [0.5, 0.6) is 0 Å². The summed E-state index contributed by atoms with van der Waals surface area (Å²) in [5, 5.41) is 13.4. The van der Waals surface area contributed by atoms with E-state index in [1.807, 2.05) is 6.07 Å². The first-order chi connectivity index (χ1) is 13.4. The minimum absolute atomic E-state index is 0.0629. The molecule has 0 aliphatic heterocycles. The molecule has 0 saturated heterocycles. The largest absolute Gasteiger partial charge is 0.452 e. The number of nitrogens with zero attached hydrogens (tertiary/aromatic N) is 1. The van der Waals surface area contributed by atoms with E-state index in [0.29, 0.717) is 0 Å². The van der Waals surface area contributed by atoms with Gasteiger partial charge in [0, 0.05) is 11.0 Å². The first-order valence-corrected chi connectivity index (χ1v) is 9.91. The fourth-order valence-corrected chi connectivity index (χ4v) is 3.78. The Morgan fingerprint density at radius 2 is 1.96 bits per heavy atom. The third-order valence-electron chi connectivity index (χ3n) is 4.46. The molecule has 1 N–H and O–H groups in total. The van der Waals surface area contributed by atoms with Crippen LogP contribution in [0.2, 0.25) is 0 Å². The number of hydrogen-bond acceptors (Lipinski definition) is 6. The van der Waals surface area contributed by atoms with Crippen LogP contribution in [-0.2, 0) is 27.2 Å². The molecule has 7 nitrogen and oxygen atoms in total. The lowest BCUT2D eigenvalue weighted by atomic mass is 10.1. The number of para-hydroxylation sites is 2. The van der Waals surface area contributed by atoms with Gasteiger partial charge in [0.25, 0.3) is 11.6 Å². The van der Waals surface area contributed by atoms with E-state index in [9.17, 15) is 19.7 Å². The van der Waals surface area contributed by atoms with Crippen LogP contribution in [-0.4, -0.2) is 28.7 Å². The van der Waals surface area contributed by atoms with Crippen molar-refractivity contribution in [2.75, 3.05) is 11.1 Å². The Kier molecular flexibility index (Phi) is 6.30. The number of thioether (sulfide) groups is 1. The number of rotatable bonds is 7. The fraction of sp³-hybridized carbons (Fsp3) is 0.300. The molecule has 3 rings (SSSR count). The van der Waals surface area contributed by atoms with Crippen molar-refractivity contribution < 1.29 is 19.2 Å². The summed E-state index contributed by atoms with van der Waals surface area (Å²) >= 11 is 1.36. The number of hydrogen-bond donors (Lipinski definition) is 1. The summed E-state index contributed by atoms with van der Waals surface area (Å²) in [4.78, 5) is 35.7. The Bertz CT molecular complexity index is 915. The van der Waals surface area contributed by atoms with Crippen LogP contribution in [0.4, 0.5) is 11.4 Å². The summed E-state index contributed by atoms with van der Waals surface area (Å²) in [5.41, 5.74) is 2.54. The molecule has 1 aliphatic rings. The van der Waals surface area contributed by atoms with Gasteiger partial charge >= 0.3 is 5.97 Å². The number of ether oxygens (including phenoxy) is 1. The molecule has 0 heterocycles. The smallest absolute Gasteiger partial charge is 0.317 e. The number of nitro groups is 1. The first-order valence-electron chi connectivity index (χ1n) is 8.92. The third kappa shape index (κ3) is 4.89. The van der Waals surface area contributed by atoms with Crippen LogP contribution in [0.1, 0.15) is 24.5 Å². The van der Waals surface area contributed by atoms with Crippen molar-refractivity contribution in [2.45, 2.75) is 37.2 Å². The zero-order valence-electron chi connectivity index (χ0n) is 15.3. The lowest BCUT2D eigenvalue weighted by Gasteiger charge is -2.13. The fourth-order valence-electron chi connectivity index (χ4n) is 3.04. The molecule has 28 heavy (non-hydrogen) atoms. The normalized spacial score (nSPS) is 13.5. The van der Waals surface area contributed by atoms with Crippen LogP contribution in [0, 0.1) is 10.1 Å². The average molecular weight is 400 g/mol. The molecule has 2 aromatic rings. The van der Waals surface area contributed by atoms with Crippen LogP contribution < -0.4 is 5.32 Å². The maximum Gasteiger partial charge on any atom is 0.317 e. The van der Waals surface area contributed by atoms with E-state index in [-0.39, 0.29) is 17.1 Å². The molecule has 1 atom stereocenters. The molecule has 146 valence electrons. The number of benzene rings is 2. The molecule has 2 aromatic carbocycles. The molecule has 0 saturated carbocycles. The highest BCUT2D eigenvalue weighted by molar-refractivity contribution is 8.00. The second-order valence-electron chi connectivity index (χ2n) is 6.47. The van der Waals surface area contributed by atoms with Crippen molar-refractivity contribution >= 4 is 35.0 Å². The van der Waals surface area contributed by atoms with E-state index < -0.39 is 22.9 Å². The van der Waals surface area contributed by atoms with Crippen molar-refractivity contribution in [1.82, 2.24) is 0 Å². The van der Waals surface area contributed by atoms with Crippen molar-refractivity contribution in [3.05, 3.63) is 63.7 Å². The molecule has 1 aliphatic carbocycles. The minimum atomic E-state index is -1.06. The number of carbonyl (C=O) groups is 2. The van der Waals surface area contributed by atoms with Gasteiger partial charge in [-0.1, -0.05) is 18.2 Å². The van der Waals surface area contributed by atoms with Gasteiger partial charge in [-0.3, -0.25) is 19.7 Å². The Morgan fingerprint density at radius 1 is 1.21 bits per heavy atom. The quantitative estimate of drug-likeness (QED) is 0.329. The van der Waals surface area contributed by atoms with Gasteiger partial charge in [-0.2, -0.15) is 0 Å². The number of carbonyl (C=O) groups excluding carboxylic acids is 2. The maximum atomic E-state index is 12.2. The maximum absolute atomic E-state index is 12.2. The van der Waals surface area contributed by atoms with Gasteiger partial charge in [-0.15, -0.1) is 11.8 Å². The third-order valence-corrected chi connectivity index (χ3v) is 5.43. The Morgan fingerprint density at radius 3 is 2.75 bits per heavy atom. The molecule has 8 heteroatoms. The Hall–Kier alpha value is -2.87. The van der Waals surface area contributed by atoms with Crippen molar-refractivity contribution in [1.29, 1.82) is 0 Å².